The molecule has 0 fully saturated rings. The van der Waals surface area contributed by atoms with E-state index in [4.69, 9.17) is 11.6 Å². The molecule has 1 aromatic carbocycles. The van der Waals surface area contributed by atoms with Gasteiger partial charge in [-0.25, -0.2) is 0 Å². The highest BCUT2D eigenvalue weighted by molar-refractivity contribution is 6.57. The minimum atomic E-state index is -3.85. The molecule has 3 heterocycles. The zero-order valence-electron chi connectivity index (χ0n) is 10.9. The zero-order chi connectivity index (χ0) is 14.6. The molecule has 0 saturated heterocycles. The molecule has 2 aromatic rings. The number of hydrogen-bond donors (Lipinski definition) is 0. The van der Waals surface area contributed by atoms with E-state index in [0.29, 0.717) is 16.4 Å². The summed E-state index contributed by atoms with van der Waals surface area (Å²) in [5, 5.41) is 0.547. The van der Waals surface area contributed by atoms with Crippen molar-refractivity contribution < 1.29 is 13.1 Å². The Balaban J connectivity index is 2.09. The topological polar surface area (TPSA) is 7.94 Å². The highest BCUT2D eigenvalue weighted by Crippen LogP contribution is 2.40. The molecule has 0 spiro atoms. The van der Waals surface area contributed by atoms with Crippen molar-refractivity contribution >= 4 is 30.4 Å². The lowest BCUT2D eigenvalue weighted by Crippen LogP contribution is -2.49. The fourth-order valence-corrected chi connectivity index (χ4v) is 3.19. The van der Waals surface area contributed by atoms with Crippen LogP contribution in [-0.2, 0) is 0 Å². The van der Waals surface area contributed by atoms with Crippen LogP contribution in [0.2, 0.25) is 5.02 Å². The number of aromatic nitrogens is 1. The van der Waals surface area contributed by atoms with E-state index < -0.39 is 6.97 Å². The molecule has 0 unspecified atom stereocenters. The molecule has 0 aliphatic carbocycles. The van der Waals surface area contributed by atoms with E-state index in [1.807, 2.05) is 18.2 Å². The third-order valence-corrected chi connectivity index (χ3v) is 4.21. The SMILES string of the molecule is F[B-]1(F)n2cccc2C(c2ccccc2Cl)=C2C=CC=[N+]21. The van der Waals surface area contributed by atoms with E-state index in [2.05, 4.69) is 0 Å². The summed E-state index contributed by atoms with van der Waals surface area (Å²) in [6.45, 7) is -3.85. The first-order valence-electron chi connectivity index (χ1n) is 6.59. The fraction of sp³-hybridized carbons (Fsp3) is 0. The largest absolute Gasteiger partial charge is 0.737 e. The first kappa shape index (κ1) is 12.6. The molecule has 104 valence electrons. The maximum absolute atomic E-state index is 14.6. The summed E-state index contributed by atoms with van der Waals surface area (Å²) in [4.78, 5) is 0. The smallest absolute Gasteiger partial charge is 0.396 e. The predicted octanol–water partition coefficient (Wildman–Crippen LogP) is 3.79. The van der Waals surface area contributed by atoms with Crippen LogP contribution in [0.5, 0.6) is 0 Å². The summed E-state index contributed by atoms with van der Waals surface area (Å²) >= 11 is 6.27. The Morgan fingerprint density at radius 1 is 1.10 bits per heavy atom. The van der Waals surface area contributed by atoms with Crippen LogP contribution in [0.4, 0.5) is 8.63 Å². The first-order chi connectivity index (χ1) is 10.1. The molecule has 2 aliphatic heterocycles. The standard InChI is InChI=1S/C15H10BClF2N2/c17-12-6-2-1-5-11(12)15-13-7-3-9-20(13)16(18,19)21-10-4-8-14(15)21/h1-10H. The van der Waals surface area contributed by atoms with Crippen molar-refractivity contribution in [1.82, 2.24) is 4.48 Å². The maximum Gasteiger partial charge on any atom is 0.737 e. The minimum absolute atomic E-state index is 0.485. The molecular formula is C15H10BClF2N2. The van der Waals surface area contributed by atoms with E-state index >= 15 is 0 Å². The summed E-state index contributed by atoms with van der Waals surface area (Å²) in [6.07, 6.45) is 6.16. The van der Waals surface area contributed by atoms with Gasteiger partial charge in [-0.05, 0) is 24.4 Å². The lowest BCUT2D eigenvalue weighted by molar-refractivity contribution is -0.356. The van der Waals surface area contributed by atoms with Gasteiger partial charge in [-0.3, -0.25) is 0 Å². The molecule has 0 atom stereocenters. The maximum atomic E-state index is 14.6. The van der Waals surface area contributed by atoms with Crippen LogP contribution in [0, 0.1) is 0 Å². The number of hydrogen-bond acceptors (Lipinski definition) is 0. The van der Waals surface area contributed by atoms with Gasteiger partial charge in [-0.15, -0.1) is 0 Å². The summed E-state index contributed by atoms with van der Waals surface area (Å²) in [7, 11) is 0. The third-order valence-electron chi connectivity index (χ3n) is 3.88. The van der Waals surface area contributed by atoms with Gasteiger partial charge in [0.15, 0.2) is 5.70 Å². The molecule has 21 heavy (non-hydrogen) atoms. The molecule has 4 rings (SSSR count). The van der Waals surface area contributed by atoms with Gasteiger partial charge >= 0.3 is 6.97 Å². The van der Waals surface area contributed by atoms with Crippen molar-refractivity contribution in [3.63, 3.8) is 0 Å². The molecule has 0 saturated carbocycles. The number of halogens is 3. The van der Waals surface area contributed by atoms with E-state index in [1.54, 1.807) is 30.4 Å². The quantitative estimate of drug-likeness (QED) is 0.708. The average molecular weight is 303 g/mol. The number of allylic oxidation sites excluding steroid dienone is 2. The average Bonchev–Trinajstić information content (AvgIpc) is 3.10. The summed E-state index contributed by atoms with van der Waals surface area (Å²) in [5.41, 5.74) is 2.45. The van der Waals surface area contributed by atoms with Gasteiger partial charge in [0.1, 0.15) is 6.21 Å². The minimum Gasteiger partial charge on any atom is -0.396 e. The normalized spacial score (nSPS) is 18.5. The monoisotopic (exact) mass is 302 g/mol. The van der Waals surface area contributed by atoms with E-state index in [1.165, 1.54) is 12.4 Å². The Bertz CT molecular complexity index is 849. The van der Waals surface area contributed by atoms with Crippen LogP contribution in [0.25, 0.3) is 5.57 Å². The Kier molecular flexibility index (Phi) is 2.51. The van der Waals surface area contributed by atoms with Gasteiger partial charge in [0.2, 0.25) is 0 Å². The molecule has 0 bridgehead atoms. The predicted molar refractivity (Wildman–Crippen MR) is 80.7 cm³/mol. The second kappa shape index (κ2) is 4.18. The van der Waals surface area contributed by atoms with Crippen LogP contribution < -0.4 is 0 Å². The number of fused-ring (bicyclic) bond motifs is 2. The molecule has 0 amide bonds. The van der Waals surface area contributed by atoms with Gasteiger partial charge in [0.25, 0.3) is 0 Å². The lowest BCUT2D eigenvalue weighted by atomic mass is 9.86. The molecule has 1 aromatic heterocycles. The fourth-order valence-electron chi connectivity index (χ4n) is 2.96. The molecule has 2 aliphatic rings. The second-order valence-electron chi connectivity index (χ2n) is 5.04. The van der Waals surface area contributed by atoms with Crippen LogP contribution >= 0.6 is 11.6 Å². The van der Waals surface area contributed by atoms with Crippen molar-refractivity contribution in [2.24, 2.45) is 0 Å². The molecule has 0 radical (unpaired) electrons. The van der Waals surface area contributed by atoms with Gasteiger partial charge < -0.3 is 17.6 Å². The molecule has 6 heteroatoms. The highest BCUT2D eigenvalue weighted by atomic mass is 35.5. The van der Waals surface area contributed by atoms with E-state index in [9.17, 15) is 8.63 Å². The van der Waals surface area contributed by atoms with Crippen molar-refractivity contribution in [3.8, 4) is 0 Å². The Hall–Kier alpha value is -2.14. The van der Waals surface area contributed by atoms with Crippen LogP contribution in [0.3, 0.4) is 0 Å². The molecule has 0 N–H and O–H groups in total. The van der Waals surface area contributed by atoms with Gasteiger partial charge in [0.05, 0.1) is 5.57 Å². The van der Waals surface area contributed by atoms with Crippen molar-refractivity contribution in [2.75, 3.05) is 0 Å². The number of nitrogens with zero attached hydrogens (tertiary/aromatic N) is 2. The first-order valence-corrected chi connectivity index (χ1v) is 6.97. The zero-order valence-corrected chi connectivity index (χ0v) is 11.6. The van der Waals surface area contributed by atoms with Gasteiger partial charge in [-0.2, -0.15) is 0 Å². The van der Waals surface area contributed by atoms with Crippen LogP contribution in [0.1, 0.15) is 11.3 Å². The molecular weight excluding hydrogens is 292 g/mol. The van der Waals surface area contributed by atoms with Crippen molar-refractivity contribution in [2.45, 2.75) is 0 Å². The lowest BCUT2D eigenvalue weighted by Gasteiger charge is -2.31. The Morgan fingerprint density at radius 3 is 2.71 bits per heavy atom. The number of rotatable bonds is 1. The van der Waals surface area contributed by atoms with E-state index in [0.717, 1.165) is 20.1 Å². The second-order valence-corrected chi connectivity index (χ2v) is 5.45. The van der Waals surface area contributed by atoms with Crippen molar-refractivity contribution in [3.05, 3.63) is 76.7 Å². The van der Waals surface area contributed by atoms with E-state index in [-0.39, 0.29) is 0 Å². The number of benzene rings is 1. The Morgan fingerprint density at radius 2 is 1.90 bits per heavy atom. The van der Waals surface area contributed by atoms with Crippen LogP contribution in [0.15, 0.2) is 60.4 Å². The Labute approximate surface area is 125 Å². The summed E-state index contributed by atoms with van der Waals surface area (Å²) < 4.78 is 31.2. The summed E-state index contributed by atoms with van der Waals surface area (Å²) in [5.74, 6) is 0. The summed E-state index contributed by atoms with van der Waals surface area (Å²) in [6, 6.07) is 10.6. The van der Waals surface area contributed by atoms with Gasteiger partial charge in [-0.1, -0.05) is 29.8 Å². The third kappa shape index (κ3) is 1.61. The van der Waals surface area contributed by atoms with Gasteiger partial charge in [0, 0.05) is 28.4 Å². The highest BCUT2D eigenvalue weighted by Gasteiger charge is 2.51. The molecule has 2 nitrogen and oxygen atoms in total. The van der Waals surface area contributed by atoms with Crippen molar-refractivity contribution in [1.29, 1.82) is 0 Å². The van der Waals surface area contributed by atoms with Crippen LogP contribution in [-0.4, -0.2) is 22.1 Å².